The first kappa shape index (κ1) is 15.7. The van der Waals surface area contributed by atoms with Crippen molar-refractivity contribution in [1.29, 1.82) is 0 Å². The van der Waals surface area contributed by atoms with E-state index < -0.39 is 17.3 Å². The number of H-pyrrole nitrogens is 1. The number of benzene rings is 1. The molecule has 0 bridgehead atoms. The van der Waals surface area contributed by atoms with E-state index >= 15 is 0 Å². The van der Waals surface area contributed by atoms with Gasteiger partial charge in [0.25, 0.3) is 5.56 Å². The predicted molar refractivity (Wildman–Crippen MR) is 82.3 cm³/mol. The monoisotopic (exact) mass is 355 g/mol. The van der Waals surface area contributed by atoms with Gasteiger partial charge < -0.3 is 9.72 Å². The van der Waals surface area contributed by atoms with Crippen LogP contribution in [-0.4, -0.2) is 17.6 Å². The maximum Gasteiger partial charge on any atom is 0.344 e. The Morgan fingerprint density at radius 2 is 2.10 bits per heavy atom. The van der Waals surface area contributed by atoms with Crippen molar-refractivity contribution in [3.05, 3.63) is 43.9 Å². The van der Waals surface area contributed by atoms with E-state index in [9.17, 15) is 14.0 Å². The fourth-order valence-electron chi connectivity index (χ4n) is 2.35. The predicted octanol–water partition coefficient (Wildman–Crippen LogP) is 3.73. The summed E-state index contributed by atoms with van der Waals surface area (Å²) in [5.41, 5.74) is -0.102. The number of hydrogen-bond acceptors (Lipinski definition) is 3. The molecule has 0 aliphatic heterocycles. The molecular formula is C15H15BrFNO3. The topological polar surface area (TPSA) is 59.2 Å². The van der Waals surface area contributed by atoms with E-state index in [1.807, 2.05) is 13.8 Å². The lowest BCUT2D eigenvalue weighted by Crippen LogP contribution is -2.23. The largest absolute Gasteiger partial charge is 0.462 e. The first-order chi connectivity index (χ1) is 9.86. The van der Waals surface area contributed by atoms with Gasteiger partial charge in [-0.25, -0.2) is 9.18 Å². The zero-order chi connectivity index (χ0) is 15.7. The minimum Gasteiger partial charge on any atom is -0.462 e. The second-order valence-corrected chi connectivity index (χ2v) is 5.84. The molecule has 1 heterocycles. The molecule has 1 aromatic heterocycles. The fraction of sp³-hybridized carbons (Fsp3) is 0.333. The Balaban J connectivity index is 2.93. The third-order valence-corrected chi connectivity index (χ3v) is 3.59. The SMILES string of the molecule is CCOC(=O)c1c(C(C)C)c2cc(Br)cc(F)c2[nH]c1=O. The lowest BCUT2D eigenvalue weighted by atomic mass is 9.93. The van der Waals surface area contributed by atoms with Crippen molar-refractivity contribution in [3.8, 4) is 0 Å². The standard InChI is InChI=1S/C15H15BrFNO3/c1-4-21-15(20)12-11(7(2)3)9-5-8(16)6-10(17)13(9)18-14(12)19/h5-7H,4H2,1-3H3,(H,18,19). The van der Waals surface area contributed by atoms with Crippen LogP contribution in [0.25, 0.3) is 10.9 Å². The van der Waals surface area contributed by atoms with Gasteiger partial charge >= 0.3 is 5.97 Å². The maximum atomic E-state index is 14.0. The van der Waals surface area contributed by atoms with Crippen molar-refractivity contribution in [2.45, 2.75) is 26.7 Å². The summed E-state index contributed by atoms with van der Waals surface area (Å²) in [5, 5.41) is 0.500. The Bertz CT molecular complexity index is 768. The highest BCUT2D eigenvalue weighted by Gasteiger charge is 2.23. The molecule has 0 spiro atoms. The molecule has 0 saturated heterocycles. The Morgan fingerprint density at radius 3 is 2.67 bits per heavy atom. The summed E-state index contributed by atoms with van der Waals surface area (Å²) in [5.74, 6) is -1.37. The van der Waals surface area contributed by atoms with E-state index in [0.717, 1.165) is 0 Å². The summed E-state index contributed by atoms with van der Waals surface area (Å²) in [6.45, 7) is 5.52. The summed E-state index contributed by atoms with van der Waals surface area (Å²) >= 11 is 3.23. The highest BCUT2D eigenvalue weighted by Crippen LogP contribution is 2.30. The Labute approximate surface area is 129 Å². The van der Waals surface area contributed by atoms with Gasteiger partial charge in [-0.05, 0) is 30.5 Å². The number of carbonyl (C=O) groups excluding carboxylic acids is 1. The number of fused-ring (bicyclic) bond motifs is 1. The van der Waals surface area contributed by atoms with Gasteiger partial charge in [-0.3, -0.25) is 4.79 Å². The number of aromatic amines is 1. The fourth-order valence-corrected chi connectivity index (χ4v) is 2.78. The van der Waals surface area contributed by atoms with Crippen molar-refractivity contribution < 1.29 is 13.9 Å². The van der Waals surface area contributed by atoms with Gasteiger partial charge in [0, 0.05) is 9.86 Å². The molecule has 0 fully saturated rings. The van der Waals surface area contributed by atoms with E-state index in [0.29, 0.717) is 15.4 Å². The van der Waals surface area contributed by atoms with Gasteiger partial charge in [0.05, 0.1) is 12.1 Å². The van der Waals surface area contributed by atoms with Crippen LogP contribution in [0.4, 0.5) is 4.39 Å². The zero-order valence-electron chi connectivity index (χ0n) is 11.9. The highest BCUT2D eigenvalue weighted by atomic mass is 79.9. The number of nitrogens with one attached hydrogen (secondary N) is 1. The van der Waals surface area contributed by atoms with Crippen LogP contribution >= 0.6 is 15.9 Å². The molecule has 112 valence electrons. The zero-order valence-corrected chi connectivity index (χ0v) is 13.5. The van der Waals surface area contributed by atoms with E-state index in [-0.39, 0.29) is 23.6 Å². The molecule has 6 heteroatoms. The minimum atomic E-state index is -0.690. The van der Waals surface area contributed by atoms with E-state index in [2.05, 4.69) is 20.9 Å². The van der Waals surface area contributed by atoms with Crippen LogP contribution in [0, 0.1) is 5.82 Å². The minimum absolute atomic E-state index is 0.0585. The molecule has 2 rings (SSSR count). The van der Waals surface area contributed by atoms with Crippen LogP contribution < -0.4 is 5.56 Å². The van der Waals surface area contributed by atoms with Crippen molar-refractivity contribution in [2.24, 2.45) is 0 Å². The average Bonchev–Trinajstić information content (AvgIpc) is 2.38. The quantitative estimate of drug-likeness (QED) is 0.853. The van der Waals surface area contributed by atoms with Gasteiger partial charge in [-0.2, -0.15) is 0 Å². The number of rotatable bonds is 3. The summed E-state index contributed by atoms with van der Waals surface area (Å²) in [7, 11) is 0. The summed E-state index contributed by atoms with van der Waals surface area (Å²) in [4.78, 5) is 26.7. The Kier molecular flexibility index (Phi) is 4.46. The average molecular weight is 356 g/mol. The van der Waals surface area contributed by atoms with E-state index in [1.54, 1.807) is 13.0 Å². The van der Waals surface area contributed by atoms with Gasteiger partial charge in [0.1, 0.15) is 11.4 Å². The van der Waals surface area contributed by atoms with Crippen molar-refractivity contribution in [3.63, 3.8) is 0 Å². The van der Waals surface area contributed by atoms with Crippen LogP contribution in [0.1, 0.15) is 42.6 Å². The number of hydrogen-bond donors (Lipinski definition) is 1. The van der Waals surface area contributed by atoms with Crippen molar-refractivity contribution >= 4 is 32.8 Å². The molecule has 21 heavy (non-hydrogen) atoms. The van der Waals surface area contributed by atoms with E-state index in [1.165, 1.54) is 6.07 Å². The molecule has 0 radical (unpaired) electrons. The van der Waals surface area contributed by atoms with Crippen molar-refractivity contribution in [2.75, 3.05) is 6.61 Å². The second-order valence-electron chi connectivity index (χ2n) is 4.93. The Hall–Kier alpha value is -1.69. The number of ether oxygens (including phenoxy) is 1. The molecule has 2 aromatic rings. The normalized spacial score (nSPS) is 11.1. The Morgan fingerprint density at radius 1 is 1.43 bits per heavy atom. The lowest BCUT2D eigenvalue weighted by Gasteiger charge is -2.15. The number of halogens is 2. The van der Waals surface area contributed by atoms with Crippen LogP contribution in [0.5, 0.6) is 0 Å². The third kappa shape index (κ3) is 2.85. The summed E-state index contributed by atoms with van der Waals surface area (Å²) in [6, 6.07) is 2.96. The van der Waals surface area contributed by atoms with Gasteiger partial charge in [-0.1, -0.05) is 29.8 Å². The smallest absolute Gasteiger partial charge is 0.344 e. The van der Waals surface area contributed by atoms with Crippen LogP contribution in [0.2, 0.25) is 0 Å². The van der Waals surface area contributed by atoms with Crippen LogP contribution in [0.15, 0.2) is 21.4 Å². The molecule has 0 amide bonds. The maximum absolute atomic E-state index is 14.0. The first-order valence-corrected chi connectivity index (χ1v) is 7.38. The summed E-state index contributed by atoms with van der Waals surface area (Å²) < 4.78 is 19.5. The molecule has 4 nitrogen and oxygen atoms in total. The number of esters is 1. The molecular weight excluding hydrogens is 341 g/mol. The van der Waals surface area contributed by atoms with Crippen molar-refractivity contribution in [1.82, 2.24) is 4.98 Å². The molecule has 0 aliphatic rings. The first-order valence-electron chi connectivity index (χ1n) is 6.58. The van der Waals surface area contributed by atoms with E-state index in [4.69, 9.17) is 4.74 Å². The molecule has 0 aliphatic carbocycles. The number of pyridine rings is 1. The summed E-state index contributed by atoms with van der Waals surface area (Å²) in [6.07, 6.45) is 0. The molecule has 1 aromatic carbocycles. The van der Waals surface area contributed by atoms with Crippen LogP contribution in [0.3, 0.4) is 0 Å². The highest BCUT2D eigenvalue weighted by molar-refractivity contribution is 9.10. The van der Waals surface area contributed by atoms with Gasteiger partial charge in [-0.15, -0.1) is 0 Å². The molecule has 0 atom stereocenters. The number of aromatic nitrogens is 1. The number of carbonyl (C=O) groups is 1. The molecule has 0 saturated carbocycles. The molecule has 0 unspecified atom stereocenters. The second kappa shape index (κ2) is 5.97. The third-order valence-electron chi connectivity index (χ3n) is 3.14. The van der Waals surface area contributed by atoms with Gasteiger partial charge in [0.15, 0.2) is 0 Å². The lowest BCUT2D eigenvalue weighted by molar-refractivity contribution is 0.0523. The van der Waals surface area contributed by atoms with Crippen LogP contribution in [-0.2, 0) is 4.74 Å². The molecule has 1 N–H and O–H groups in total. The van der Waals surface area contributed by atoms with Gasteiger partial charge in [0.2, 0.25) is 0 Å².